The molecule has 2 N–H and O–H groups in total. The highest BCUT2D eigenvalue weighted by Gasteiger charge is 2.43. The highest BCUT2D eigenvalue weighted by Crippen LogP contribution is 2.34. The summed E-state index contributed by atoms with van der Waals surface area (Å²) < 4.78 is 0. The average Bonchev–Trinajstić information content (AvgIpc) is 2.78. The van der Waals surface area contributed by atoms with E-state index in [9.17, 15) is 9.90 Å². The molecule has 112 valence electrons. The molecule has 0 aromatic heterocycles. The third-order valence-corrected chi connectivity index (χ3v) is 4.84. The number of likely N-dealkylation sites (tertiary alicyclic amines) is 1. The zero-order valence-corrected chi connectivity index (χ0v) is 13.4. The van der Waals surface area contributed by atoms with Crippen molar-refractivity contribution in [2.24, 2.45) is 5.92 Å². The smallest absolute Gasteiger partial charge is 0.317 e. The van der Waals surface area contributed by atoms with E-state index in [2.05, 4.69) is 26.1 Å². The highest BCUT2D eigenvalue weighted by atomic mass is 32.2. The van der Waals surface area contributed by atoms with Crippen molar-refractivity contribution < 1.29 is 9.90 Å². The van der Waals surface area contributed by atoms with Crippen LogP contribution in [0.15, 0.2) is 0 Å². The van der Waals surface area contributed by atoms with Crippen molar-refractivity contribution in [1.29, 1.82) is 0 Å². The van der Waals surface area contributed by atoms with Gasteiger partial charge in [-0.25, -0.2) is 4.79 Å². The lowest BCUT2D eigenvalue weighted by molar-refractivity contribution is 0.0678. The molecule has 0 bridgehead atoms. The summed E-state index contributed by atoms with van der Waals surface area (Å²) in [5.74, 6) is 0.477. The van der Waals surface area contributed by atoms with Crippen molar-refractivity contribution >= 4 is 17.8 Å². The first-order valence-electron chi connectivity index (χ1n) is 7.14. The number of amides is 2. The number of thioether (sulfide) groups is 1. The van der Waals surface area contributed by atoms with Crippen LogP contribution in [0.4, 0.5) is 4.79 Å². The van der Waals surface area contributed by atoms with E-state index < -0.39 is 0 Å². The molecule has 1 aliphatic rings. The Morgan fingerprint density at radius 1 is 1.47 bits per heavy atom. The van der Waals surface area contributed by atoms with E-state index in [1.54, 1.807) is 11.8 Å². The maximum absolute atomic E-state index is 12.3. The van der Waals surface area contributed by atoms with Gasteiger partial charge >= 0.3 is 6.03 Å². The molecule has 1 saturated heterocycles. The SMILES string of the molecule is CS[C@@H](C)CNC(=O)N1CCC[C@]1(CO)CC(C)C. The molecule has 0 unspecified atom stereocenters. The van der Waals surface area contributed by atoms with Crippen molar-refractivity contribution in [2.75, 3.05) is 26.0 Å². The van der Waals surface area contributed by atoms with E-state index in [1.807, 2.05) is 11.2 Å². The van der Waals surface area contributed by atoms with Crippen molar-refractivity contribution in [3.63, 3.8) is 0 Å². The Morgan fingerprint density at radius 3 is 2.68 bits per heavy atom. The first-order valence-corrected chi connectivity index (χ1v) is 8.43. The summed E-state index contributed by atoms with van der Waals surface area (Å²) in [4.78, 5) is 14.2. The van der Waals surface area contributed by atoms with Gasteiger partial charge in [-0.2, -0.15) is 11.8 Å². The second-order valence-corrected chi connectivity index (χ2v) is 7.24. The first-order chi connectivity index (χ1) is 8.95. The van der Waals surface area contributed by atoms with Crippen LogP contribution in [0.5, 0.6) is 0 Å². The maximum Gasteiger partial charge on any atom is 0.317 e. The van der Waals surface area contributed by atoms with E-state index >= 15 is 0 Å². The van der Waals surface area contributed by atoms with Gasteiger partial charge in [0.2, 0.25) is 0 Å². The summed E-state index contributed by atoms with van der Waals surface area (Å²) in [5.41, 5.74) is -0.346. The molecular weight excluding hydrogens is 260 g/mol. The van der Waals surface area contributed by atoms with Gasteiger partial charge in [0.25, 0.3) is 0 Å². The van der Waals surface area contributed by atoms with Gasteiger partial charge in [-0.3, -0.25) is 0 Å². The Morgan fingerprint density at radius 2 is 2.16 bits per heavy atom. The quantitative estimate of drug-likeness (QED) is 0.788. The number of aliphatic hydroxyl groups excluding tert-OH is 1. The number of rotatable bonds is 6. The van der Waals surface area contributed by atoms with Crippen molar-refractivity contribution in [3.8, 4) is 0 Å². The molecule has 1 aliphatic heterocycles. The fraction of sp³-hybridized carbons (Fsp3) is 0.929. The summed E-state index contributed by atoms with van der Waals surface area (Å²) in [7, 11) is 0. The average molecular weight is 288 g/mol. The number of hydrogen-bond donors (Lipinski definition) is 2. The highest BCUT2D eigenvalue weighted by molar-refractivity contribution is 7.99. The molecule has 1 heterocycles. The molecule has 0 spiro atoms. The first kappa shape index (κ1) is 16.6. The van der Waals surface area contributed by atoms with Crippen LogP contribution in [0.3, 0.4) is 0 Å². The molecule has 0 aromatic carbocycles. The van der Waals surface area contributed by atoms with Crippen LogP contribution in [0.2, 0.25) is 0 Å². The number of aliphatic hydroxyl groups is 1. The van der Waals surface area contributed by atoms with E-state index in [1.165, 1.54) is 0 Å². The summed E-state index contributed by atoms with van der Waals surface area (Å²) in [5, 5.41) is 13.2. The maximum atomic E-state index is 12.3. The number of nitrogens with one attached hydrogen (secondary N) is 1. The monoisotopic (exact) mass is 288 g/mol. The van der Waals surface area contributed by atoms with Crippen LogP contribution in [-0.2, 0) is 0 Å². The molecule has 0 radical (unpaired) electrons. The minimum Gasteiger partial charge on any atom is -0.394 e. The molecule has 0 aliphatic carbocycles. The molecule has 5 heteroatoms. The lowest BCUT2D eigenvalue weighted by Crippen LogP contribution is -2.54. The van der Waals surface area contributed by atoms with Crippen LogP contribution < -0.4 is 5.32 Å². The van der Waals surface area contributed by atoms with Crippen molar-refractivity contribution in [3.05, 3.63) is 0 Å². The fourth-order valence-corrected chi connectivity index (χ4v) is 3.12. The Bertz CT molecular complexity index is 299. The molecule has 2 atom stereocenters. The largest absolute Gasteiger partial charge is 0.394 e. The van der Waals surface area contributed by atoms with Crippen LogP contribution in [0, 0.1) is 5.92 Å². The van der Waals surface area contributed by atoms with E-state index in [4.69, 9.17) is 0 Å². The zero-order valence-electron chi connectivity index (χ0n) is 12.6. The molecular formula is C14H28N2O2S. The second kappa shape index (κ2) is 7.39. The third-order valence-electron chi connectivity index (χ3n) is 3.87. The van der Waals surface area contributed by atoms with Gasteiger partial charge in [0.05, 0.1) is 12.1 Å². The lowest BCUT2D eigenvalue weighted by atomic mass is 9.87. The Hall–Kier alpha value is -0.420. The standard InChI is InChI=1S/C14H28N2O2S/c1-11(2)8-14(10-17)6-5-7-16(14)13(18)15-9-12(3)19-4/h11-12,17H,5-10H2,1-4H3,(H,15,18)/t12-,14+/m0/s1. The number of nitrogens with zero attached hydrogens (tertiary/aromatic N) is 1. The third kappa shape index (κ3) is 4.28. The Kier molecular flexibility index (Phi) is 6.47. The van der Waals surface area contributed by atoms with Gasteiger partial charge in [-0.05, 0) is 31.4 Å². The van der Waals surface area contributed by atoms with Gasteiger partial charge in [0.15, 0.2) is 0 Å². The van der Waals surface area contributed by atoms with Crippen LogP contribution in [0.25, 0.3) is 0 Å². The normalized spacial score (nSPS) is 24.8. The van der Waals surface area contributed by atoms with Crippen LogP contribution in [-0.4, -0.2) is 52.8 Å². The van der Waals surface area contributed by atoms with Crippen molar-refractivity contribution in [2.45, 2.75) is 50.8 Å². The van der Waals surface area contributed by atoms with E-state index in [-0.39, 0.29) is 18.2 Å². The second-order valence-electron chi connectivity index (χ2n) is 5.97. The Labute approximate surface area is 121 Å². The Balaban J connectivity index is 2.65. The van der Waals surface area contributed by atoms with Gasteiger partial charge in [-0.15, -0.1) is 0 Å². The zero-order chi connectivity index (χ0) is 14.5. The minimum absolute atomic E-state index is 0.0203. The van der Waals surface area contributed by atoms with Gasteiger partial charge in [0.1, 0.15) is 0 Å². The van der Waals surface area contributed by atoms with Gasteiger partial charge in [-0.1, -0.05) is 20.8 Å². The summed E-state index contributed by atoms with van der Waals surface area (Å²) in [6.45, 7) is 7.88. The van der Waals surface area contributed by atoms with E-state index in [0.717, 1.165) is 25.8 Å². The molecule has 0 aromatic rings. The number of urea groups is 1. The molecule has 1 rings (SSSR count). The molecule has 4 nitrogen and oxygen atoms in total. The minimum atomic E-state index is -0.346. The predicted molar refractivity (Wildman–Crippen MR) is 81.6 cm³/mol. The summed E-state index contributed by atoms with van der Waals surface area (Å²) >= 11 is 1.74. The van der Waals surface area contributed by atoms with Crippen LogP contribution in [0.1, 0.15) is 40.0 Å². The van der Waals surface area contributed by atoms with Crippen molar-refractivity contribution in [1.82, 2.24) is 10.2 Å². The van der Waals surface area contributed by atoms with Gasteiger partial charge in [0, 0.05) is 18.3 Å². The molecule has 1 fully saturated rings. The summed E-state index contributed by atoms with van der Waals surface area (Å²) in [6.07, 6.45) is 4.81. The van der Waals surface area contributed by atoms with E-state index in [0.29, 0.717) is 17.7 Å². The molecule has 19 heavy (non-hydrogen) atoms. The number of hydrogen-bond acceptors (Lipinski definition) is 3. The predicted octanol–water partition coefficient (Wildman–Crippen LogP) is 2.32. The number of carbonyl (C=O) groups excluding carboxylic acids is 1. The van der Waals surface area contributed by atoms with Crippen LogP contribution >= 0.6 is 11.8 Å². The summed E-state index contributed by atoms with van der Waals surface area (Å²) in [6, 6.07) is -0.0203. The fourth-order valence-electron chi connectivity index (χ4n) is 2.87. The van der Waals surface area contributed by atoms with Gasteiger partial charge < -0.3 is 15.3 Å². The lowest BCUT2D eigenvalue weighted by Gasteiger charge is -2.38. The molecule has 0 saturated carbocycles. The topological polar surface area (TPSA) is 52.6 Å². The molecule has 2 amide bonds. The number of carbonyl (C=O) groups is 1.